The van der Waals surface area contributed by atoms with Gasteiger partial charge in [0.1, 0.15) is 0 Å². The van der Waals surface area contributed by atoms with Gasteiger partial charge in [-0.2, -0.15) is 13.2 Å². The summed E-state index contributed by atoms with van der Waals surface area (Å²) in [5.74, 6) is 0. The van der Waals surface area contributed by atoms with Crippen molar-refractivity contribution in [1.29, 1.82) is 0 Å². The van der Waals surface area contributed by atoms with E-state index in [4.69, 9.17) is 16.3 Å². The molecule has 0 atom stereocenters. The lowest BCUT2D eigenvalue weighted by molar-refractivity contribution is -0.138. The number of halogens is 4. The van der Waals surface area contributed by atoms with Crippen molar-refractivity contribution in [2.45, 2.75) is 13.1 Å². The number of rotatable bonds is 3. The van der Waals surface area contributed by atoms with E-state index < -0.39 is 11.7 Å². The van der Waals surface area contributed by atoms with Crippen LogP contribution in [0.1, 0.15) is 18.2 Å². The number of aromatic nitrogens is 2. The van der Waals surface area contributed by atoms with Gasteiger partial charge in [-0.25, -0.2) is 9.97 Å². The first-order valence-corrected chi connectivity index (χ1v) is 4.71. The second-order valence-electron chi connectivity index (χ2n) is 2.69. The number of hydrogen-bond acceptors (Lipinski definition) is 3. The van der Waals surface area contributed by atoms with Crippen molar-refractivity contribution in [2.24, 2.45) is 0 Å². The van der Waals surface area contributed by atoms with E-state index in [1.54, 1.807) is 6.92 Å². The van der Waals surface area contributed by atoms with Crippen LogP contribution in [0.2, 0.25) is 5.28 Å². The Balaban J connectivity index is 3.09. The van der Waals surface area contributed by atoms with Gasteiger partial charge in [-0.05, 0) is 24.6 Å². The molecule has 1 aromatic rings. The van der Waals surface area contributed by atoms with Crippen LogP contribution < -0.4 is 0 Å². The maximum Gasteiger partial charge on any atom is 0.419 e. The van der Waals surface area contributed by atoms with E-state index in [1.807, 2.05) is 0 Å². The van der Waals surface area contributed by atoms with Gasteiger partial charge in [0.05, 0.1) is 24.1 Å². The maximum atomic E-state index is 12.5. The Morgan fingerprint density at radius 1 is 1.50 bits per heavy atom. The summed E-state index contributed by atoms with van der Waals surface area (Å²) in [4.78, 5) is 6.77. The summed E-state index contributed by atoms with van der Waals surface area (Å²) < 4.78 is 42.3. The Morgan fingerprint density at radius 3 is 2.75 bits per heavy atom. The first kappa shape index (κ1) is 12.8. The smallest absolute Gasteiger partial charge is 0.419 e. The molecule has 1 aromatic heterocycles. The summed E-state index contributed by atoms with van der Waals surface area (Å²) in [6.45, 7) is 2.07. The second kappa shape index (κ2) is 5.16. The Hall–Kier alpha value is -1.30. The average Bonchev–Trinajstić information content (AvgIpc) is 2.16. The first-order chi connectivity index (χ1) is 7.45. The number of nitrogens with zero attached hydrogens (tertiary/aromatic N) is 2. The SMILES string of the molecule is CCO/C=C/c1nc(Cl)ncc1C(F)(F)F. The van der Waals surface area contributed by atoms with Gasteiger partial charge >= 0.3 is 6.18 Å². The molecule has 0 fully saturated rings. The molecule has 88 valence electrons. The van der Waals surface area contributed by atoms with E-state index in [0.717, 1.165) is 12.3 Å². The molecule has 0 unspecified atom stereocenters. The van der Waals surface area contributed by atoms with Crippen molar-refractivity contribution in [3.8, 4) is 0 Å². The largest absolute Gasteiger partial charge is 0.501 e. The lowest BCUT2D eigenvalue weighted by atomic mass is 10.2. The zero-order valence-electron chi connectivity index (χ0n) is 8.25. The van der Waals surface area contributed by atoms with Crippen molar-refractivity contribution < 1.29 is 17.9 Å². The van der Waals surface area contributed by atoms with Crippen molar-refractivity contribution in [3.05, 3.63) is 29.0 Å². The Kier molecular flexibility index (Phi) is 4.12. The summed E-state index contributed by atoms with van der Waals surface area (Å²) in [5.41, 5.74) is -1.27. The Morgan fingerprint density at radius 2 is 2.19 bits per heavy atom. The molecule has 1 heterocycles. The molecular formula is C9H8ClF3N2O. The quantitative estimate of drug-likeness (QED) is 0.612. The van der Waals surface area contributed by atoms with E-state index >= 15 is 0 Å². The Bertz CT molecular complexity index is 393. The number of alkyl halides is 3. The second-order valence-corrected chi connectivity index (χ2v) is 3.03. The summed E-state index contributed by atoms with van der Waals surface area (Å²) >= 11 is 5.42. The molecule has 0 bridgehead atoms. The third-order valence-electron chi connectivity index (χ3n) is 1.58. The molecule has 0 aliphatic heterocycles. The van der Waals surface area contributed by atoms with Gasteiger partial charge in [-0.3, -0.25) is 0 Å². The van der Waals surface area contributed by atoms with E-state index in [0.29, 0.717) is 12.8 Å². The van der Waals surface area contributed by atoms with Crippen LogP contribution in [0, 0.1) is 0 Å². The van der Waals surface area contributed by atoms with Crippen LogP contribution in [0.15, 0.2) is 12.5 Å². The van der Waals surface area contributed by atoms with Gasteiger partial charge in [0, 0.05) is 6.20 Å². The van der Waals surface area contributed by atoms with Gasteiger partial charge in [0.2, 0.25) is 5.28 Å². The molecule has 7 heteroatoms. The molecule has 16 heavy (non-hydrogen) atoms. The molecule has 0 saturated carbocycles. The van der Waals surface area contributed by atoms with E-state index in [2.05, 4.69) is 9.97 Å². The van der Waals surface area contributed by atoms with Crippen molar-refractivity contribution in [2.75, 3.05) is 6.61 Å². The monoisotopic (exact) mass is 252 g/mol. The van der Waals surface area contributed by atoms with Crippen LogP contribution in [-0.4, -0.2) is 16.6 Å². The lowest BCUT2D eigenvalue weighted by Crippen LogP contribution is -2.09. The highest BCUT2D eigenvalue weighted by atomic mass is 35.5. The van der Waals surface area contributed by atoms with Crippen LogP contribution in [-0.2, 0) is 10.9 Å². The molecule has 0 spiro atoms. The van der Waals surface area contributed by atoms with Crippen molar-refractivity contribution in [3.63, 3.8) is 0 Å². The van der Waals surface area contributed by atoms with Gasteiger partial charge in [0.25, 0.3) is 0 Å². The molecule has 0 aliphatic carbocycles. The summed E-state index contributed by atoms with van der Waals surface area (Å²) in [6, 6.07) is 0. The third kappa shape index (κ3) is 3.37. The molecule has 0 aromatic carbocycles. The highest BCUT2D eigenvalue weighted by Crippen LogP contribution is 2.31. The molecule has 0 radical (unpaired) electrons. The van der Waals surface area contributed by atoms with Crippen molar-refractivity contribution in [1.82, 2.24) is 9.97 Å². The summed E-state index contributed by atoms with van der Waals surface area (Å²) in [6.07, 6.45) is -1.65. The van der Waals surface area contributed by atoms with Crippen LogP contribution in [0.3, 0.4) is 0 Å². The molecule has 0 saturated heterocycles. The Labute approximate surface area is 94.9 Å². The predicted octanol–water partition coefficient (Wildman–Crippen LogP) is 3.16. The highest BCUT2D eigenvalue weighted by molar-refractivity contribution is 6.28. The maximum absolute atomic E-state index is 12.5. The zero-order valence-corrected chi connectivity index (χ0v) is 9.01. The molecule has 0 amide bonds. The fraction of sp³-hybridized carbons (Fsp3) is 0.333. The minimum atomic E-state index is -4.52. The van der Waals surface area contributed by atoms with E-state index in [9.17, 15) is 13.2 Å². The van der Waals surface area contributed by atoms with E-state index in [-0.39, 0.29) is 11.0 Å². The minimum absolute atomic E-state index is 0.246. The zero-order chi connectivity index (χ0) is 12.2. The van der Waals surface area contributed by atoms with Gasteiger partial charge < -0.3 is 4.74 Å². The first-order valence-electron chi connectivity index (χ1n) is 4.33. The fourth-order valence-corrected chi connectivity index (χ4v) is 1.07. The van der Waals surface area contributed by atoms with Gasteiger partial charge in [-0.15, -0.1) is 0 Å². The summed E-state index contributed by atoms with van der Waals surface area (Å²) in [7, 11) is 0. The van der Waals surface area contributed by atoms with Gasteiger partial charge in [0.15, 0.2) is 0 Å². The van der Waals surface area contributed by atoms with Crippen LogP contribution >= 0.6 is 11.6 Å². The average molecular weight is 253 g/mol. The van der Waals surface area contributed by atoms with E-state index in [1.165, 1.54) is 0 Å². The van der Waals surface area contributed by atoms with Gasteiger partial charge in [-0.1, -0.05) is 0 Å². The molecule has 3 nitrogen and oxygen atoms in total. The molecule has 1 rings (SSSR count). The number of hydrogen-bond donors (Lipinski definition) is 0. The van der Waals surface area contributed by atoms with Crippen LogP contribution in [0.25, 0.3) is 6.08 Å². The predicted molar refractivity (Wildman–Crippen MR) is 52.7 cm³/mol. The third-order valence-corrected chi connectivity index (χ3v) is 1.77. The topological polar surface area (TPSA) is 35.0 Å². The highest BCUT2D eigenvalue weighted by Gasteiger charge is 2.34. The standard InChI is InChI=1S/C9H8ClF3N2O/c1-2-16-4-3-7-6(9(11,12)13)5-14-8(10)15-7/h3-5H,2H2,1H3/b4-3+. The summed E-state index contributed by atoms with van der Waals surface area (Å²) in [5, 5.41) is -0.246. The lowest BCUT2D eigenvalue weighted by Gasteiger charge is -2.08. The van der Waals surface area contributed by atoms with Crippen LogP contribution in [0.4, 0.5) is 13.2 Å². The van der Waals surface area contributed by atoms with Crippen LogP contribution in [0.5, 0.6) is 0 Å². The minimum Gasteiger partial charge on any atom is -0.501 e. The molecule has 0 N–H and O–H groups in total. The molecule has 0 aliphatic rings. The molecular weight excluding hydrogens is 245 g/mol. The van der Waals surface area contributed by atoms with Crippen molar-refractivity contribution >= 4 is 17.7 Å². The number of ether oxygens (including phenoxy) is 1. The normalized spacial score (nSPS) is 12.1. The fourth-order valence-electron chi connectivity index (χ4n) is 0.927.